The van der Waals surface area contributed by atoms with Crippen LogP contribution >= 0.6 is 0 Å². The molecule has 1 aliphatic rings. The van der Waals surface area contributed by atoms with Crippen LogP contribution in [0.15, 0.2) is 12.1 Å². The maximum atomic E-state index is 13.8. The summed E-state index contributed by atoms with van der Waals surface area (Å²) in [6, 6.07) is 3.58. The standard InChI is InChI=1S/C13H12FN3O4/c14-10-7-11(16(5-1-4-15)8-2-3-8)12(17(20)21)6-9(10)13(18)19/h6-8H,1-3,5H2,(H,18,19). The highest BCUT2D eigenvalue weighted by molar-refractivity contribution is 5.90. The van der Waals surface area contributed by atoms with E-state index in [2.05, 4.69) is 0 Å². The van der Waals surface area contributed by atoms with Crippen molar-refractivity contribution in [2.24, 2.45) is 0 Å². The molecular formula is C13H12FN3O4. The molecule has 1 aromatic carbocycles. The predicted molar refractivity (Wildman–Crippen MR) is 70.6 cm³/mol. The molecule has 1 fully saturated rings. The molecule has 2 rings (SSSR count). The number of nitro groups is 1. The lowest BCUT2D eigenvalue weighted by Crippen LogP contribution is -2.27. The second-order valence-electron chi connectivity index (χ2n) is 4.72. The van der Waals surface area contributed by atoms with Gasteiger partial charge in [0.05, 0.1) is 17.4 Å². The molecule has 0 unspecified atom stereocenters. The van der Waals surface area contributed by atoms with Gasteiger partial charge < -0.3 is 10.0 Å². The highest BCUT2D eigenvalue weighted by Gasteiger charge is 2.34. The van der Waals surface area contributed by atoms with E-state index in [1.54, 1.807) is 4.90 Å². The van der Waals surface area contributed by atoms with E-state index in [0.717, 1.165) is 25.0 Å². The van der Waals surface area contributed by atoms with Crippen molar-refractivity contribution in [3.05, 3.63) is 33.6 Å². The first-order valence-corrected chi connectivity index (χ1v) is 6.30. The number of halogens is 1. The number of carboxylic acid groups (broad SMARTS) is 1. The van der Waals surface area contributed by atoms with Crippen molar-refractivity contribution in [1.82, 2.24) is 0 Å². The summed E-state index contributed by atoms with van der Waals surface area (Å²) in [5.74, 6) is -2.58. The zero-order valence-electron chi connectivity index (χ0n) is 11.0. The minimum absolute atomic E-state index is 0.0280. The quantitative estimate of drug-likeness (QED) is 0.637. The number of nitro benzene ring substituents is 1. The molecule has 1 aliphatic carbocycles. The smallest absolute Gasteiger partial charge is 0.338 e. The van der Waals surface area contributed by atoms with Gasteiger partial charge in [-0.05, 0) is 12.8 Å². The second kappa shape index (κ2) is 5.75. The van der Waals surface area contributed by atoms with Gasteiger partial charge in [0.1, 0.15) is 17.1 Å². The van der Waals surface area contributed by atoms with E-state index >= 15 is 0 Å². The normalized spacial score (nSPS) is 13.5. The van der Waals surface area contributed by atoms with Crippen LogP contribution < -0.4 is 4.90 Å². The van der Waals surface area contributed by atoms with Crippen LogP contribution in [0.2, 0.25) is 0 Å². The first-order chi connectivity index (χ1) is 9.95. The summed E-state index contributed by atoms with van der Waals surface area (Å²) in [6.45, 7) is 0.244. The maximum absolute atomic E-state index is 13.8. The summed E-state index contributed by atoms with van der Waals surface area (Å²) in [6.07, 6.45) is 1.77. The Morgan fingerprint density at radius 3 is 2.71 bits per heavy atom. The van der Waals surface area contributed by atoms with E-state index < -0.39 is 28.0 Å². The fraction of sp³-hybridized carbons (Fsp3) is 0.385. The molecule has 0 spiro atoms. The van der Waals surface area contributed by atoms with Crippen LogP contribution in [0.25, 0.3) is 0 Å². The van der Waals surface area contributed by atoms with Crippen molar-refractivity contribution < 1.29 is 19.2 Å². The number of anilines is 1. The minimum atomic E-state index is -1.56. The van der Waals surface area contributed by atoms with Gasteiger partial charge in [-0.3, -0.25) is 10.1 Å². The third-order valence-electron chi connectivity index (χ3n) is 3.25. The van der Waals surface area contributed by atoms with Gasteiger partial charge in [-0.15, -0.1) is 0 Å². The number of rotatable bonds is 6. The number of hydrogen-bond acceptors (Lipinski definition) is 5. The van der Waals surface area contributed by atoms with E-state index in [-0.39, 0.29) is 24.7 Å². The number of carboxylic acids is 1. The van der Waals surface area contributed by atoms with Gasteiger partial charge in [0.25, 0.3) is 5.69 Å². The summed E-state index contributed by atoms with van der Waals surface area (Å²) in [5.41, 5.74) is -1.17. The Bertz CT molecular complexity index is 637. The van der Waals surface area contributed by atoms with Crippen molar-refractivity contribution >= 4 is 17.3 Å². The van der Waals surface area contributed by atoms with Crippen LogP contribution in [-0.2, 0) is 0 Å². The monoisotopic (exact) mass is 293 g/mol. The molecule has 0 saturated heterocycles. The Balaban J connectivity index is 2.50. The molecule has 0 atom stereocenters. The van der Waals surface area contributed by atoms with Crippen molar-refractivity contribution in [3.63, 3.8) is 0 Å². The largest absolute Gasteiger partial charge is 0.478 e. The topological polar surface area (TPSA) is 107 Å². The molecule has 1 saturated carbocycles. The maximum Gasteiger partial charge on any atom is 0.338 e. The van der Waals surface area contributed by atoms with Gasteiger partial charge in [-0.2, -0.15) is 5.26 Å². The summed E-state index contributed by atoms with van der Waals surface area (Å²) >= 11 is 0. The Hall–Kier alpha value is -2.69. The Kier molecular flexibility index (Phi) is 4.03. The van der Waals surface area contributed by atoms with Crippen molar-refractivity contribution in [2.75, 3.05) is 11.4 Å². The molecule has 1 N–H and O–H groups in total. The van der Waals surface area contributed by atoms with Crippen LogP contribution in [0.5, 0.6) is 0 Å². The molecule has 7 nitrogen and oxygen atoms in total. The van der Waals surface area contributed by atoms with Gasteiger partial charge in [-0.25, -0.2) is 9.18 Å². The average Bonchev–Trinajstić information content (AvgIpc) is 3.23. The van der Waals surface area contributed by atoms with Crippen LogP contribution in [0.1, 0.15) is 29.6 Å². The first kappa shape index (κ1) is 14.7. The lowest BCUT2D eigenvalue weighted by molar-refractivity contribution is -0.384. The van der Waals surface area contributed by atoms with Crippen LogP contribution in [-0.4, -0.2) is 28.6 Å². The average molecular weight is 293 g/mol. The minimum Gasteiger partial charge on any atom is -0.478 e. The number of carbonyl (C=O) groups is 1. The molecule has 0 aromatic heterocycles. The fourth-order valence-corrected chi connectivity index (χ4v) is 2.15. The Morgan fingerprint density at radius 2 is 2.24 bits per heavy atom. The summed E-state index contributed by atoms with van der Waals surface area (Å²) < 4.78 is 13.8. The number of benzene rings is 1. The molecule has 0 radical (unpaired) electrons. The van der Waals surface area contributed by atoms with E-state index in [1.165, 1.54) is 0 Å². The Labute approximate surface area is 119 Å². The lowest BCUT2D eigenvalue weighted by Gasteiger charge is -2.23. The molecule has 0 aliphatic heterocycles. The van der Waals surface area contributed by atoms with Crippen molar-refractivity contribution in [2.45, 2.75) is 25.3 Å². The van der Waals surface area contributed by atoms with Crippen LogP contribution in [0, 0.1) is 27.3 Å². The van der Waals surface area contributed by atoms with E-state index in [0.29, 0.717) is 0 Å². The fourth-order valence-electron chi connectivity index (χ4n) is 2.15. The lowest BCUT2D eigenvalue weighted by atomic mass is 10.1. The molecular weight excluding hydrogens is 281 g/mol. The SMILES string of the molecule is N#CCCN(c1cc(F)c(C(=O)O)cc1[N+](=O)[O-])C1CC1. The summed E-state index contributed by atoms with van der Waals surface area (Å²) in [4.78, 5) is 22.9. The Morgan fingerprint density at radius 1 is 1.57 bits per heavy atom. The van der Waals surface area contributed by atoms with Gasteiger partial charge in [0.2, 0.25) is 0 Å². The number of hydrogen-bond donors (Lipinski definition) is 1. The molecule has 1 aromatic rings. The third-order valence-corrected chi connectivity index (χ3v) is 3.25. The van der Waals surface area contributed by atoms with E-state index in [1.807, 2.05) is 6.07 Å². The zero-order chi connectivity index (χ0) is 15.6. The van der Waals surface area contributed by atoms with Gasteiger partial charge in [0.15, 0.2) is 0 Å². The number of nitrogens with zero attached hydrogens (tertiary/aromatic N) is 3. The highest BCUT2D eigenvalue weighted by Crippen LogP contribution is 2.38. The summed E-state index contributed by atoms with van der Waals surface area (Å²) in [5, 5.41) is 28.6. The third kappa shape index (κ3) is 3.08. The number of aromatic carboxylic acids is 1. The van der Waals surface area contributed by atoms with Crippen molar-refractivity contribution in [3.8, 4) is 6.07 Å². The number of nitriles is 1. The molecule has 0 amide bonds. The first-order valence-electron chi connectivity index (χ1n) is 6.30. The second-order valence-corrected chi connectivity index (χ2v) is 4.72. The van der Waals surface area contributed by atoms with Crippen LogP contribution in [0.4, 0.5) is 15.8 Å². The molecule has 0 bridgehead atoms. The predicted octanol–water partition coefficient (Wildman–Crippen LogP) is 2.31. The van der Waals surface area contributed by atoms with Crippen LogP contribution in [0.3, 0.4) is 0 Å². The highest BCUT2D eigenvalue weighted by atomic mass is 19.1. The van der Waals surface area contributed by atoms with E-state index in [9.17, 15) is 19.3 Å². The van der Waals surface area contributed by atoms with Gasteiger partial charge >= 0.3 is 5.97 Å². The molecule has 0 heterocycles. The molecule has 21 heavy (non-hydrogen) atoms. The molecule has 110 valence electrons. The van der Waals surface area contributed by atoms with Gasteiger partial charge in [0, 0.05) is 24.7 Å². The molecule has 8 heteroatoms. The summed E-state index contributed by atoms with van der Waals surface area (Å²) in [7, 11) is 0. The van der Waals surface area contributed by atoms with E-state index in [4.69, 9.17) is 10.4 Å². The zero-order valence-corrected chi connectivity index (χ0v) is 11.0. The van der Waals surface area contributed by atoms with Gasteiger partial charge in [-0.1, -0.05) is 0 Å². The van der Waals surface area contributed by atoms with Crippen molar-refractivity contribution in [1.29, 1.82) is 5.26 Å².